The summed E-state index contributed by atoms with van der Waals surface area (Å²) in [5.74, 6) is 0.751. The fourth-order valence-electron chi connectivity index (χ4n) is 1.57. The molecule has 19 heavy (non-hydrogen) atoms. The summed E-state index contributed by atoms with van der Waals surface area (Å²) in [5.41, 5.74) is 3.88. The second-order valence-corrected chi connectivity index (χ2v) is 3.92. The van der Waals surface area contributed by atoms with Crippen LogP contribution in [0.3, 0.4) is 0 Å². The smallest absolute Gasteiger partial charge is 0.275 e. The van der Waals surface area contributed by atoms with Crippen LogP contribution in [0.4, 0.5) is 0 Å². The van der Waals surface area contributed by atoms with Crippen LogP contribution >= 0.6 is 0 Å². The highest BCUT2D eigenvalue weighted by molar-refractivity contribution is 5.97. The lowest BCUT2D eigenvalue weighted by atomic mass is 10.1. The molecule has 0 saturated carbocycles. The van der Waals surface area contributed by atoms with Crippen molar-refractivity contribution in [2.24, 2.45) is 5.10 Å². The number of aryl methyl sites for hydroxylation is 1. The Morgan fingerprint density at radius 2 is 2.26 bits per heavy atom. The van der Waals surface area contributed by atoms with Crippen LogP contribution in [0.25, 0.3) is 0 Å². The number of hydrogen-bond acceptors (Lipinski definition) is 4. The molecule has 1 amide bonds. The Kier molecular flexibility index (Phi) is 3.97. The highest BCUT2D eigenvalue weighted by atomic mass is 16.5. The second kappa shape index (κ2) is 5.86. The molecule has 0 saturated heterocycles. The minimum Gasteiger partial charge on any atom is -0.496 e. The topological polar surface area (TPSA) is 63.8 Å². The first-order valence-corrected chi connectivity index (χ1v) is 5.72. The van der Waals surface area contributed by atoms with E-state index < -0.39 is 0 Å². The largest absolute Gasteiger partial charge is 0.496 e. The van der Waals surface area contributed by atoms with Gasteiger partial charge in [-0.3, -0.25) is 4.79 Å². The molecule has 0 aliphatic rings. The molecule has 0 aliphatic heterocycles. The number of carbonyl (C=O) groups is 1. The highest BCUT2D eigenvalue weighted by Crippen LogP contribution is 2.19. The van der Waals surface area contributed by atoms with Crippen molar-refractivity contribution in [3.05, 3.63) is 53.5 Å². The number of amides is 1. The van der Waals surface area contributed by atoms with Crippen molar-refractivity contribution < 1.29 is 13.9 Å². The van der Waals surface area contributed by atoms with Gasteiger partial charge in [0.25, 0.3) is 5.91 Å². The number of hydrogen-bond donors (Lipinski definition) is 1. The first-order valence-electron chi connectivity index (χ1n) is 5.72. The first-order chi connectivity index (χ1) is 9.20. The highest BCUT2D eigenvalue weighted by Gasteiger charge is 2.11. The maximum Gasteiger partial charge on any atom is 0.275 e. The number of methoxy groups -OCH3 is 1. The predicted octanol–water partition coefficient (Wildman–Crippen LogP) is 2.36. The van der Waals surface area contributed by atoms with Gasteiger partial charge in [-0.15, -0.1) is 0 Å². The Labute approximate surface area is 110 Å². The summed E-state index contributed by atoms with van der Waals surface area (Å²) < 4.78 is 10.2. The van der Waals surface area contributed by atoms with Gasteiger partial charge in [0, 0.05) is 0 Å². The van der Waals surface area contributed by atoms with Crippen LogP contribution in [0.2, 0.25) is 0 Å². The number of nitrogens with zero attached hydrogens (tertiary/aromatic N) is 1. The standard InChI is InChI=1S/C14H14N2O3/c1-10-5-6-12(13(8-10)18-2)14(17)16-15-9-11-4-3-7-19-11/h3-9H,1-2H3,(H,16,17)/b15-9-. The molecule has 2 aromatic rings. The molecule has 98 valence electrons. The van der Waals surface area contributed by atoms with E-state index in [1.807, 2.05) is 13.0 Å². The van der Waals surface area contributed by atoms with E-state index in [1.165, 1.54) is 19.6 Å². The summed E-state index contributed by atoms with van der Waals surface area (Å²) in [6.07, 6.45) is 2.96. The molecule has 1 aromatic carbocycles. The normalized spacial score (nSPS) is 10.6. The number of rotatable bonds is 4. The van der Waals surface area contributed by atoms with E-state index in [1.54, 1.807) is 24.3 Å². The van der Waals surface area contributed by atoms with Gasteiger partial charge in [0.2, 0.25) is 0 Å². The number of furan rings is 1. The van der Waals surface area contributed by atoms with Gasteiger partial charge in [-0.25, -0.2) is 5.43 Å². The SMILES string of the molecule is COc1cc(C)ccc1C(=O)N/N=C\c1ccco1. The van der Waals surface area contributed by atoms with Crippen LogP contribution in [0.5, 0.6) is 5.75 Å². The average Bonchev–Trinajstić information content (AvgIpc) is 2.91. The van der Waals surface area contributed by atoms with E-state index in [-0.39, 0.29) is 5.91 Å². The summed E-state index contributed by atoms with van der Waals surface area (Å²) in [7, 11) is 1.53. The lowest BCUT2D eigenvalue weighted by Crippen LogP contribution is -2.18. The van der Waals surface area contributed by atoms with Crippen molar-refractivity contribution in [3.8, 4) is 5.75 Å². The fourth-order valence-corrected chi connectivity index (χ4v) is 1.57. The third kappa shape index (κ3) is 3.22. The Hall–Kier alpha value is -2.56. The van der Waals surface area contributed by atoms with Crippen molar-refractivity contribution in [1.82, 2.24) is 5.43 Å². The van der Waals surface area contributed by atoms with E-state index in [4.69, 9.17) is 9.15 Å². The fraction of sp³-hybridized carbons (Fsp3) is 0.143. The van der Waals surface area contributed by atoms with Crippen molar-refractivity contribution in [3.63, 3.8) is 0 Å². The van der Waals surface area contributed by atoms with Gasteiger partial charge >= 0.3 is 0 Å². The van der Waals surface area contributed by atoms with Crippen LogP contribution in [-0.4, -0.2) is 19.2 Å². The van der Waals surface area contributed by atoms with Crippen LogP contribution in [0, 0.1) is 6.92 Å². The third-order valence-corrected chi connectivity index (χ3v) is 2.50. The number of carbonyl (C=O) groups excluding carboxylic acids is 1. The number of benzene rings is 1. The average molecular weight is 258 g/mol. The molecular formula is C14H14N2O3. The summed E-state index contributed by atoms with van der Waals surface area (Å²) in [5, 5.41) is 3.81. The van der Waals surface area contributed by atoms with Gasteiger partial charge in [-0.2, -0.15) is 5.10 Å². The molecule has 5 nitrogen and oxygen atoms in total. The predicted molar refractivity (Wildman–Crippen MR) is 71.5 cm³/mol. The van der Waals surface area contributed by atoms with Gasteiger partial charge in [-0.05, 0) is 36.8 Å². The molecule has 0 bridgehead atoms. The van der Waals surface area contributed by atoms with Gasteiger partial charge in [0.05, 0.1) is 25.2 Å². The zero-order valence-electron chi connectivity index (χ0n) is 10.7. The Bertz CT molecular complexity index is 589. The molecule has 0 radical (unpaired) electrons. The molecule has 0 unspecified atom stereocenters. The molecule has 5 heteroatoms. The van der Waals surface area contributed by atoms with Gasteiger partial charge in [-0.1, -0.05) is 6.07 Å². The van der Waals surface area contributed by atoms with Gasteiger partial charge in [0.15, 0.2) is 0 Å². The van der Waals surface area contributed by atoms with E-state index in [0.717, 1.165) is 5.56 Å². The molecular weight excluding hydrogens is 244 g/mol. The van der Waals surface area contributed by atoms with Crippen LogP contribution in [0.15, 0.2) is 46.1 Å². The van der Waals surface area contributed by atoms with E-state index in [0.29, 0.717) is 17.1 Å². The van der Waals surface area contributed by atoms with Crippen molar-refractivity contribution >= 4 is 12.1 Å². The lowest BCUT2D eigenvalue weighted by molar-refractivity contribution is 0.0952. The number of nitrogens with one attached hydrogen (secondary N) is 1. The monoisotopic (exact) mass is 258 g/mol. The van der Waals surface area contributed by atoms with Crippen LogP contribution < -0.4 is 10.2 Å². The molecule has 0 spiro atoms. The zero-order valence-corrected chi connectivity index (χ0v) is 10.7. The summed E-state index contributed by atoms with van der Waals surface area (Å²) in [6.45, 7) is 1.93. The number of ether oxygens (including phenoxy) is 1. The lowest BCUT2D eigenvalue weighted by Gasteiger charge is -2.07. The summed E-state index contributed by atoms with van der Waals surface area (Å²) in [4.78, 5) is 11.9. The van der Waals surface area contributed by atoms with E-state index in [2.05, 4.69) is 10.5 Å². The van der Waals surface area contributed by atoms with Crippen molar-refractivity contribution in [2.75, 3.05) is 7.11 Å². The second-order valence-electron chi connectivity index (χ2n) is 3.92. The Morgan fingerprint density at radius 1 is 1.42 bits per heavy atom. The Balaban J connectivity index is 2.08. The number of hydrazone groups is 1. The van der Waals surface area contributed by atoms with E-state index in [9.17, 15) is 4.79 Å². The van der Waals surface area contributed by atoms with Gasteiger partial charge in [0.1, 0.15) is 11.5 Å². The van der Waals surface area contributed by atoms with E-state index >= 15 is 0 Å². The summed E-state index contributed by atoms with van der Waals surface area (Å²) >= 11 is 0. The molecule has 2 rings (SSSR count). The molecule has 1 aromatic heterocycles. The van der Waals surface area contributed by atoms with Crippen LogP contribution in [0.1, 0.15) is 21.7 Å². The molecule has 0 atom stereocenters. The minimum absolute atomic E-state index is 0.334. The zero-order chi connectivity index (χ0) is 13.7. The molecule has 0 aliphatic carbocycles. The Morgan fingerprint density at radius 3 is 2.95 bits per heavy atom. The summed E-state index contributed by atoms with van der Waals surface area (Å²) in [6, 6.07) is 8.82. The maximum absolute atomic E-state index is 11.9. The molecule has 1 heterocycles. The van der Waals surface area contributed by atoms with Crippen molar-refractivity contribution in [1.29, 1.82) is 0 Å². The third-order valence-electron chi connectivity index (χ3n) is 2.50. The first kappa shape index (κ1) is 12.9. The van der Waals surface area contributed by atoms with Crippen LogP contribution in [-0.2, 0) is 0 Å². The molecule has 0 fully saturated rings. The van der Waals surface area contributed by atoms with Crippen molar-refractivity contribution in [2.45, 2.75) is 6.92 Å². The van der Waals surface area contributed by atoms with Gasteiger partial charge < -0.3 is 9.15 Å². The maximum atomic E-state index is 11.9. The minimum atomic E-state index is -0.334. The quantitative estimate of drug-likeness (QED) is 0.676. The molecule has 1 N–H and O–H groups in total.